The Bertz CT molecular complexity index is 483. The average molecular weight is 306 g/mol. The van der Waals surface area contributed by atoms with E-state index in [0.29, 0.717) is 17.3 Å². The Balaban J connectivity index is 2.47. The van der Waals surface area contributed by atoms with Gasteiger partial charge in [-0.2, -0.15) is 0 Å². The van der Waals surface area contributed by atoms with Crippen LogP contribution in [0.5, 0.6) is 0 Å². The molecule has 110 valence electrons. The van der Waals surface area contributed by atoms with Gasteiger partial charge < -0.3 is 10.5 Å². The first-order valence-electron chi connectivity index (χ1n) is 6.29. The van der Waals surface area contributed by atoms with E-state index in [4.69, 9.17) is 10.5 Å². The Labute approximate surface area is 119 Å². The fraction of sp³-hybridized carbons (Fsp3) is 0.667. The lowest BCUT2D eigenvalue weighted by Gasteiger charge is -2.04. The molecule has 0 radical (unpaired) electrons. The van der Waals surface area contributed by atoms with E-state index in [0.717, 1.165) is 36.3 Å². The summed E-state index contributed by atoms with van der Waals surface area (Å²) in [5, 5.41) is 0. The van der Waals surface area contributed by atoms with Crippen LogP contribution < -0.4 is 10.5 Å². The zero-order valence-corrected chi connectivity index (χ0v) is 13.1. The number of ether oxygens (including phenoxy) is 1. The smallest absolute Gasteiger partial charge is 0.250 e. The number of sulfonamides is 1. The second-order valence-electron chi connectivity index (χ2n) is 4.33. The Hall–Kier alpha value is -0.470. The number of hydrogen-bond acceptors (Lipinski definition) is 5. The predicted octanol–water partition coefficient (Wildman–Crippen LogP) is 1.61. The number of unbranched alkanes of at least 4 members (excludes halogenated alkanes) is 2. The van der Waals surface area contributed by atoms with E-state index < -0.39 is 10.0 Å². The van der Waals surface area contributed by atoms with Gasteiger partial charge in [0, 0.05) is 31.7 Å². The molecular formula is C12H22N2O3S2. The maximum Gasteiger partial charge on any atom is 0.250 e. The summed E-state index contributed by atoms with van der Waals surface area (Å²) in [5.74, 6) is 0. The molecule has 1 rings (SSSR count). The summed E-state index contributed by atoms with van der Waals surface area (Å²) in [4.78, 5) is 0.917. The van der Waals surface area contributed by atoms with E-state index in [-0.39, 0.29) is 0 Å². The second kappa shape index (κ2) is 7.96. The molecule has 0 aliphatic rings. The minimum atomic E-state index is -3.38. The van der Waals surface area contributed by atoms with E-state index in [2.05, 4.69) is 4.72 Å². The molecule has 7 heteroatoms. The second-order valence-corrected chi connectivity index (χ2v) is 7.46. The summed E-state index contributed by atoms with van der Waals surface area (Å²) in [6.07, 6.45) is 2.72. The van der Waals surface area contributed by atoms with Crippen molar-refractivity contribution in [1.82, 2.24) is 4.72 Å². The number of thiophene rings is 1. The van der Waals surface area contributed by atoms with Gasteiger partial charge in [-0.25, -0.2) is 13.1 Å². The summed E-state index contributed by atoms with van der Waals surface area (Å²) in [5.41, 5.74) is 6.50. The van der Waals surface area contributed by atoms with Crippen LogP contribution in [-0.2, 0) is 21.3 Å². The summed E-state index contributed by atoms with van der Waals surface area (Å²) in [6, 6.07) is 1.68. The van der Waals surface area contributed by atoms with Crippen molar-refractivity contribution in [3.05, 3.63) is 16.5 Å². The van der Waals surface area contributed by atoms with Crippen molar-refractivity contribution in [1.29, 1.82) is 0 Å². The molecule has 0 bridgehead atoms. The van der Waals surface area contributed by atoms with Crippen LogP contribution in [0.3, 0.4) is 0 Å². The number of nitrogens with two attached hydrogens (primary N) is 1. The zero-order chi connectivity index (χ0) is 14.3. The minimum absolute atomic E-state index is 0.349. The van der Waals surface area contributed by atoms with Crippen molar-refractivity contribution in [2.45, 2.75) is 36.9 Å². The largest absolute Gasteiger partial charge is 0.385 e. The van der Waals surface area contributed by atoms with E-state index >= 15 is 0 Å². The Morgan fingerprint density at radius 1 is 1.37 bits per heavy atom. The van der Waals surface area contributed by atoms with Crippen LogP contribution in [0.1, 0.15) is 29.7 Å². The highest BCUT2D eigenvalue weighted by molar-refractivity contribution is 7.91. The molecule has 0 fully saturated rings. The molecule has 1 aromatic rings. The zero-order valence-electron chi connectivity index (χ0n) is 11.4. The third-order valence-electron chi connectivity index (χ3n) is 2.77. The van der Waals surface area contributed by atoms with Crippen LogP contribution in [-0.4, -0.2) is 28.7 Å². The molecule has 19 heavy (non-hydrogen) atoms. The van der Waals surface area contributed by atoms with Crippen molar-refractivity contribution in [2.75, 3.05) is 20.3 Å². The molecule has 0 spiro atoms. The molecule has 1 heterocycles. The van der Waals surface area contributed by atoms with Crippen LogP contribution in [0.15, 0.2) is 10.3 Å². The molecule has 0 saturated carbocycles. The standard InChI is InChI=1S/C12H22N2O3S2/c1-10-8-12(18-11(10)9-13)19(15,16)14-6-4-3-5-7-17-2/h8,14H,3-7,9,13H2,1-2H3. The number of nitrogens with one attached hydrogen (secondary N) is 1. The van der Waals surface area contributed by atoms with E-state index in [1.165, 1.54) is 11.3 Å². The van der Waals surface area contributed by atoms with Gasteiger partial charge in [0.15, 0.2) is 0 Å². The molecule has 0 aromatic carbocycles. The van der Waals surface area contributed by atoms with Gasteiger partial charge in [0.1, 0.15) is 4.21 Å². The Morgan fingerprint density at radius 2 is 2.11 bits per heavy atom. The van der Waals surface area contributed by atoms with Gasteiger partial charge in [-0.1, -0.05) is 0 Å². The van der Waals surface area contributed by atoms with Crippen molar-refractivity contribution in [3.63, 3.8) is 0 Å². The maximum atomic E-state index is 12.0. The first kappa shape index (κ1) is 16.6. The number of rotatable bonds is 9. The molecule has 0 atom stereocenters. The molecule has 0 unspecified atom stereocenters. The molecule has 0 aliphatic carbocycles. The van der Waals surface area contributed by atoms with Gasteiger partial charge in [0.05, 0.1) is 0 Å². The lowest BCUT2D eigenvalue weighted by molar-refractivity contribution is 0.192. The summed E-state index contributed by atoms with van der Waals surface area (Å²) < 4.78 is 32.0. The molecule has 3 N–H and O–H groups in total. The topological polar surface area (TPSA) is 81.4 Å². The molecule has 0 saturated heterocycles. The van der Waals surface area contributed by atoms with Gasteiger partial charge in [-0.3, -0.25) is 0 Å². The molecular weight excluding hydrogens is 284 g/mol. The van der Waals surface area contributed by atoms with Crippen LogP contribution in [0.25, 0.3) is 0 Å². The van der Waals surface area contributed by atoms with E-state index in [1.807, 2.05) is 6.92 Å². The summed E-state index contributed by atoms with van der Waals surface area (Å²) in [7, 11) is -1.72. The van der Waals surface area contributed by atoms with Gasteiger partial charge in [0.2, 0.25) is 10.0 Å². The van der Waals surface area contributed by atoms with Crippen molar-refractivity contribution >= 4 is 21.4 Å². The van der Waals surface area contributed by atoms with Gasteiger partial charge in [0.25, 0.3) is 0 Å². The molecule has 1 aromatic heterocycles. The highest BCUT2D eigenvalue weighted by Crippen LogP contribution is 2.25. The molecule has 5 nitrogen and oxygen atoms in total. The summed E-state index contributed by atoms with van der Waals surface area (Å²) >= 11 is 1.24. The van der Waals surface area contributed by atoms with Crippen molar-refractivity contribution < 1.29 is 13.2 Å². The van der Waals surface area contributed by atoms with Crippen molar-refractivity contribution in [3.8, 4) is 0 Å². The summed E-state index contributed by atoms with van der Waals surface area (Å²) in [6.45, 7) is 3.43. The highest BCUT2D eigenvalue weighted by Gasteiger charge is 2.17. The van der Waals surface area contributed by atoms with Gasteiger partial charge >= 0.3 is 0 Å². The minimum Gasteiger partial charge on any atom is -0.385 e. The molecule has 0 amide bonds. The SMILES string of the molecule is COCCCCCNS(=O)(=O)c1cc(C)c(CN)s1. The average Bonchev–Trinajstić information content (AvgIpc) is 2.76. The fourth-order valence-corrected chi connectivity index (χ4v) is 4.24. The maximum absolute atomic E-state index is 12.0. The first-order chi connectivity index (χ1) is 9.01. The lowest BCUT2D eigenvalue weighted by atomic mass is 10.2. The van der Waals surface area contributed by atoms with E-state index in [9.17, 15) is 8.42 Å². The fourth-order valence-electron chi connectivity index (χ4n) is 1.65. The lowest BCUT2D eigenvalue weighted by Crippen LogP contribution is -2.24. The number of aryl methyl sites for hydroxylation is 1. The third kappa shape index (κ3) is 5.19. The third-order valence-corrected chi connectivity index (χ3v) is 5.96. The molecule has 0 aliphatic heterocycles. The van der Waals surface area contributed by atoms with Crippen LogP contribution >= 0.6 is 11.3 Å². The van der Waals surface area contributed by atoms with E-state index in [1.54, 1.807) is 13.2 Å². The van der Waals surface area contributed by atoms with Gasteiger partial charge in [-0.05, 0) is 37.8 Å². The highest BCUT2D eigenvalue weighted by atomic mass is 32.2. The number of hydrogen-bond donors (Lipinski definition) is 2. The van der Waals surface area contributed by atoms with Crippen molar-refractivity contribution in [2.24, 2.45) is 5.73 Å². The Morgan fingerprint density at radius 3 is 2.68 bits per heavy atom. The normalized spacial score (nSPS) is 11.9. The monoisotopic (exact) mass is 306 g/mol. The van der Waals surface area contributed by atoms with Gasteiger partial charge in [-0.15, -0.1) is 11.3 Å². The first-order valence-corrected chi connectivity index (χ1v) is 8.59. The van der Waals surface area contributed by atoms with Crippen LogP contribution in [0, 0.1) is 6.92 Å². The predicted molar refractivity (Wildman–Crippen MR) is 77.9 cm³/mol. The number of methoxy groups -OCH3 is 1. The van der Waals surface area contributed by atoms with Crippen LogP contribution in [0.2, 0.25) is 0 Å². The quantitative estimate of drug-likeness (QED) is 0.679. The Kier molecular flexibility index (Phi) is 6.95. The van der Waals surface area contributed by atoms with Crippen LogP contribution in [0.4, 0.5) is 0 Å².